The summed E-state index contributed by atoms with van der Waals surface area (Å²) in [7, 11) is 1.76. The highest BCUT2D eigenvalue weighted by Gasteiger charge is 2.44. The average Bonchev–Trinajstić information content (AvgIpc) is 2.58. The van der Waals surface area contributed by atoms with Crippen LogP contribution in [0.3, 0.4) is 0 Å². The van der Waals surface area contributed by atoms with Gasteiger partial charge in [0.2, 0.25) is 0 Å². The van der Waals surface area contributed by atoms with Gasteiger partial charge in [0.1, 0.15) is 5.82 Å². The Kier molecular flexibility index (Phi) is 4.31. The number of ether oxygens (including phenoxy) is 1. The molecule has 1 aromatic heterocycles. The highest BCUT2D eigenvalue weighted by atomic mass is 16.5. The van der Waals surface area contributed by atoms with Gasteiger partial charge >= 0.3 is 0 Å². The van der Waals surface area contributed by atoms with Crippen LogP contribution >= 0.6 is 0 Å². The van der Waals surface area contributed by atoms with Crippen molar-refractivity contribution in [3.63, 3.8) is 0 Å². The first-order valence-corrected chi connectivity index (χ1v) is 7.90. The van der Waals surface area contributed by atoms with E-state index in [4.69, 9.17) is 4.74 Å². The van der Waals surface area contributed by atoms with Gasteiger partial charge in [-0.25, -0.2) is 4.98 Å². The molecule has 2 N–H and O–H groups in total. The van der Waals surface area contributed by atoms with E-state index in [1.165, 1.54) is 0 Å². The molecule has 0 radical (unpaired) electrons. The highest BCUT2D eigenvalue weighted by Crippen LogP contribution is 2.35. The third-order valence-electron chi connectivity index (χ3n) is 4.79. The molecule has 2 saturated heterocycles. The number of carbonyl (C=O) groups is 1. The molecule has 3 heterocycles. The van der Waals surface area contributed by atoms with E-state index in [2.05, 4.69) is 10.3 Å². The molecule has 1 aromatic rings. The standard InChI is InChI=1S/C16H23N3O3/c1-17-14-12(4-2-8-18-14)15(21)19-9-6-16(7-10-19)13(20)5-3-11-22-16/h2,4,8,13,20H,3,5-7,9-11H2,1H3,(H,17,18)/t13-/m0/s1. The molecule has 120 valence electrons. The summed E-state index contributed by atoms with van der Waals surface area (Å²) < 4.78 is 5.88. The van der Waals surface area contributed by atoms with E-state index in [1.807, 2.05) is 4.90 Å². The number of aliphatic hydroxyl groups is 1. The molecular formula is C16H23N3O3. The van der Waals surface area contributed by atoms with Gasteiger partial charge in [-0.3, -0.25) is 4.79 Å². The van der Waals surface area contributed by atoms with Crippen LogP contribution in [0, 0.1) is 0 Å². The second kappa shape index (κ2) is 6.22. The number of nitrogens with zero attached hydrogens (tertiary/aromatic N) is 2. The number of pyridine rings is 1. The number of carbonyl (C=O) groups excluding carboxylic acids is 1. The third-order valence-corrected chi connectivity index (χ3v) is 4.79. The zero-order valence-electron chi connectivity index (χ0n) is 12.9. The number of aromatic nitrogens is 1. The van der Waals surface area contributed by atoms with Gasteiger partial charge in [-0.1, -0.05) is 0 Å². The topological polar surface area (TPSA) is 74.7 Å². The van der Waals surface area contributed by atoms with Crippen LogP contribution in [-0.4, -0.2) is 59.3 Å². The minimum absolute atomic E-state index is 0.0161. The Bertz CT molecular complexity index is 541. The summed E-state index contributed by atoms with van der Waals surface area (Å²) >= 11 is 0. The van der Waals surface area contributed by atoms with Crippen molar-refractivity contribution >= 4 is 11.7 Å². The van der Waals surface area contributed by atoms with Crippen LogP contribution in [0.5, 0.6) is 0 Å². The Morgan fingerprint density at radius 1 is 1.50 bits per heavy atom. The molecule has 1 spiro atoms. The lowest BCUT2D eigenvalue weighted by Crippen LogP contribution is -2.56. The molecular weight excluding hydrogens is 282 g/mol. The lowest BCUT2D eigenvalue weighted by molar-refractivity contribution is -0.174. The van der Waals surface area contributed by atoms with Crippen LogP contribution in [0.25, 0.3) is 0 Å². The molecule has 0 aromatic carbocycles. The molecule has 2 aliphatic heterocycles. The number of rotatable bonds is 2. The minimum Gasteiger partial charge on any atom is -0.390 e. The van der Waals surface area contributed by atoms with Gasteiger partial charge in [0.15, 0.2) is 0 Å². The van der Waals surface area contributed by atoms with E-state index in [1.54, 1.807) is 25.4 Å². The van der Waals surface area contributed by atoms with Gasteiger partial charge in [0.05, 0.1) is 17.3 Å². The summed E-state index contributed by atoms with van der Waals surface area (Å²) in [5.41, 5.74) is 0.140. The van der Waals surface area contributed by atoms with Crippen molar-refractivity contribution in [1.82, 2.24) is 9.88 Å². The molecule has 2 aliphatic rings. The first kappa shape index (κ1) is 15.2. The predicted octanol–water partition coefficient (Wildman–Crippen LogP) is 1.27. The molecule has 2 fully saturated rings. The van der Waals surface area contributed by atoms with Crippen molar-refractivity contribution in [2.75, 3.05) is 32.1 Å². The number of hydrogen-bond acceptors (Lipinski definition) is 5. The number of piperidine rings is 1. The SMILES string of the molecule is CNc1ncccc1C(=O)N1CCC2(CC1)OCCC[C@@H]2O. The van der Waals surface area contributed by atoms with Gasteiger partial charge in [-0.2, -0.15) is 0 Å². The van der Waals surface area contributed by atoms with Gasteiger partial charge in [-0.05, 0) is 37.8 Å². The molecule has 6 heteroatoms. The van der Waals surface area contributed by atoms with E-state index in [-0.39, 0.29) is 5.91 Å². The van der Waals surface area contributed by atoms with Crippen LogP contribution in [0.15, 0.2) is 18.3 Å². The number of anilines is 1. The van der Waals surface area contributed by atoms with Crippen LogP contribution < -0.4 is 5.32 Å². The Morgan fingerprint density at radius 3 is 2.95 bits per heavy atom. The van der Waals surface area contributed by atoms with E-state index < -0.39 is 11.7 Å². The lowest BCUT2D eigenvalue weighted by Gasteiger charge is -2.46. The third kappa shape index (κ3) is 2.68. The molecule has 0 unspecified atom stereocenters. The Balaban J connectivity index is 1.69. The maximum Gasteiger partial charge on any atom is 0.257 e. The second-order valence-corrected chi connectivity index (χ2v) is 6.01. The maximum absolute atomic E-state index is 12.7. The quantitative estimate of drug-likeness (QED) is 0.860. The zero-order valence-corrected chi connectivity index (χ0v) is 12.9. The second-order valence-electron chi connectivity index (χ2n) is 6.01. The predicted molar refractivity (Wildman–Crippen MR) is 82.8 cm³/mol. The Morgan fingerprint density at radius 2 is 2.27 bits per heavy atom. The van der Waals surface area contributed by atoms with E-state index in [0.29, 0.717) is 43.9 Å². The fraction of sp³-hybridized carbons (Fsp3) is 0.625. The van der Waals surface area contributed by atoms with Crippen LogP contribution in [0.4, 0.5) is 5.82 Å². The Hall–Kier alpha value is -1.66. The van der Waals surface area contributed by atoms with Crippen molar-refractivity contribution in [3.8, 4) is 0 Å². The first-order valence-electron chi connectivity index (χ1n) is 7.90. The molecule has 3 rings (SSSR count). The van der Waals surface area contributed by atoms with Crippen molar-refractivity contribution in [3.05, 3.63) is 23.9 Å². The number of amides is 1. The average molecular weight is 305 g/mol. The Labute approximate surface area is 130 Å². The number of likely N-dealkylation sites (tertiary alicyclic amines) is 1. The lowest BCUT2D eigenvalue weighted by atomic mass is 9.82. The summed E-state index contributed by atoms with van der Waals surface area (Å²) in [5, 5.41) is 13.2. The molecule has 6 nitrogen and oxygen atoms in total. The summed E-state index contributed by atoms with van der Waals surface area (Å²) in [6, 6.07) is 3.56. The summed E-state index contributed by atoms with van der Waals surface area (Å²) in [6.45, 7) is 1.92. The van der Waals surface area contributed by atoms with Crippen molar-refractivity contribution in [2.45, 2.75) is 37.4 Å². The van der Waals surface area contributed by atoms with E-state index >= 15 is 0 Å². The zero-order chi connectivity index (χ0) is 15.6. The number of nitrogens with one attached hydrogen (secondary N) is 1. The van der Waals surface area contributed by atoms with Crippen molar-refractivity contribution in [2.24, 2.45) is 0 Å². The van der Waals surface area contributed by atoms with Gasteiger partial charge in [0.25, 0.3) is 5.91 Å². The largest absolute Gasteiger partial charge is 0.390 e. The normalized spacial score (nSPS) is 24.3. The number of hydrogen-bond donors (Lipinski definition) is 2. The molecule has 0 bridgehead atoms. The molecule has 22 heavy (non-hydrogen) atoms. The van der Waals surface area contributed by atoms with Crippen molar-refractivity contribution in [1.29, 1.82) is 0 Å². The van der Waals surface area contributed by atoms with Crippen LogP contribution in [0.2, 0.25) is 0 Å². The molecule has 0 aliphatic carbocycles. The van der Waals surface area contributed by atoms with Crippen LogP contribution in [-0.2, 0) is 4.74 Å². The fourth-order valence-electron chi connectivity index (χ4n) is 3.42. The highest BCUT2D eigenvalue weighted by molar-refractivity contribution is 5.98. The van der Waals surface area contributed by atoms with Gasteiger partial charge in [0, 0.05) is 32.9 Å². The van der Waals surface area contributed by atoms with Crippen LogP contribution in [0.1, 0.15) is 36.0 Å². The van der Waals surface area contributed by atoms with Gasteiger partial charge in [-0.15, -0.1) is 0 Å². The number of aliphatic hydroxyl groups excluding tert-OH is 1. The maximum atomic E-state index is 12.7. The monoisotopic (exact) mass is 305 g/mol. The summed E-state index contributed by atoms with van der Waals surface area (Å²) in [4.78, 5) is 18.7. The minimum atomic E-state index is -0.449. The molecule has 1 amide bonds. The molecule has 0 saturated carbocycles. The first-order chi connectivity index (χ1) is 10.7. The molecule has 1 atom stereocenters. The van der Waals surface area contributed by atoms with Crippen molar-refractivity contribution < 1.29 is 14.6 Å². The van der Waals surface area contributed by atoms with E-state index in [9.17, 15) is 9.90 Å². The fourth-order valence-corrected chi connectivity index (χ4v) is 3.42. The van der Waals surface area contributed by atoms with E-state index in [0.717, 1.165) is 12.8 Å². The van der Waals surface area contributed by atoms with Gasteiger partial charge < -0.3 is 20.1 Å². The summed E-state index contributed by atoms with van der Waals surface area (Å²) in [6.07, 6.45) is 4.34. The summed E-state index contributed by atoms with van der Waals surface area (Å²) in [5.74, 6) is 0.583. The smallest absolute Gasteiger partial charge is 0.257 e.